The lowest BCUT2D eigenvalue weighted by atomic mass is 9.84. The number of ether oxygens (including phenoxy) is 1. The van der Waals surface area contributed by atoms with Gasteiger partial charge in [-0.15, -0.1) is 0 Å². The summed E-state index contributed by atoms with van der Waals surface area (Å²) in [6.07, 6.45) is 3.10. The summed E-state index contributed by atoms with van der Waals surface area (Å²) < 4.78 is 5.31. The van der Waals surface area contributed by atoms with Crippen molar-refractivity contribution in [3.8, 4) is 0 Å². The van der Waals surface area contributed by atoms with Crippen LogP contribution in [0.25, 0.3) is 0 Å². The molecule has 0 radical (unpaired) electrons. The van der Waals surface area contributed by atoms with E-state index in [1.54, 1.807) is 0 Å². The topological polar surface area (TPSA) is 53.6 Å². The monoisotopic (exact) mass is 283 g/mol. The smallest absolute Gasteiger partial charge is 0.220 e. The Bertz CT molecular complexity index is 287. The van der Waals surface area contributed by atoms with Crippen molar-refractivity contribution in [2.75, 3.05) is 52.5 Å². The predicted octanol–water partition coefficient (Wildman–Crippen LogP) is 0.461. The standard InChI is InChI=1S/C15H29N3O2/c1-13(14-2-4-16-5-3-14)12-15(19)17-6-7-18-8-10-20-11-9-18/h13-14,16H,2-12H2,1H3,(H,17,19). The van der Waals surface area contributed by atoms with Gasteiger partial charge in [0, 0.05) is 32.6 Å². The lowest BCUT2D eigenvalue weighted by molar-refractivity contribution is -0.122. The Kier molecular flexibility index (Phi) is 6.76. The quantitative estimate of drug-likeness (QED) is 0.744. The first-order chi connectivity index (χ1) is 9.75. The highest BCUT2D eigenvalue weighted by Crippen LogP contribution is 2.23. The summed E-state index contributed by atoms with van der Waals surface area (Å²) in [5.41, 5.74) is 0. The first kappa shape index (κ1) is 15.7. The summed E-state index contributed by atoms with van der Waals surface area (Å²) in [6, 6.07) is 0. The normalized spacial score (nSPS) is 23.4. The molecule has 1 atom stereocenters. The number of piperidine rings is 1. The van der Waals surface area contributed by atoms with E-state index in [4.69, 9.17) is 4.74 Å². The van der Waals surface area contributed by atoms with Gasteiger partial charge >= 0.3 is 0 Å². The van der Waals surface area contributed by atoms with E-state index in [1.807, 2.05) is 0 Å². The molecule has 5 nitrogen and oxygen atoms in total. The van der Waals surface area contributed by atoms with Crippen LogP contribution in [0.4, 0.5) is 0 Å². The summed E-state index contributed by atoms with van der Waals surface area (Å²) in [7, 11) is 0. The Morgan fingerprint density at radius 3 is 2.75 bits per heavy atom. The second-order valence-electron chi connectivity index (χ2n) is 6.07. The minimum absolute atomic E-state index is 0.212. The molecule has 5 heteroatoms. The zero-order valence-electron chi connectivity index (χ0n) is 12.7. The maximum atomic E-state index is 12.0. The van der Waals surface area contributed by atoms with Crippen LogP contribution in [0.15, 0.2) is 0 Å². The number of hydrogen-bond acceptors (Lipinski definition) is 4. The van der Waals surface area contributed by atoms with Gasteiger partial charge in [-0.05, 0) is 37.8 Å². The molecule has 0 aromatic carbocycles. The molecule has 2 rings (SSSR count). The molecule has 0 spiro atoms. The molecule has 0 aromatic rings. The Hall–Kier alpha value is -0.650. The van der Waals surface area contributed by atoms with Crippen LogP contribution in [0.1, 0.15) is 26.2 Å². The van der Waals surface area contributed by atoms with Crippen molar-refractivity contribution in [3.63, 3.8) is 0 Å². The first-order valence-electron chi connectivity index (χ1n) is 8.03. The number of carbonyl (C=O) groups is 1. The highest BCUT2D eigenvalue weighted by molar-refractivity contribution is 5.76. The van der Waals surface area contributed by atoms with Gasteiger partial charge in [0.2, 0.25) is 5.91 Å². The molecule has 2 fully saturated rings. The molecule has 2 aliphatic rings. The van der Waals surface area contributed by atoms with E-state index < -0.39 is 0 Å². The molecule has 1 unspecified atom stereocenters. The van der Waals surface area contributed by atoms with Crippen LogP contribution in [0, 0.1) is 11.8 Å². The largest absolute Gasteiger partial charge is 0.379 e. The zero-order chi connectivity index (χ0) is 14.2. The maximum Gasteiger partial charge on any atom is 0.220 e. The van der Waals surface area contributed by atoms with Gasteiger partial charge in [-0.2, -0.15) is 0 Å². The van der Waals surface area contributed by atoms with E-state index in [-0.39, 0.29) is 5.91 Å². The van der Waals surface area contributed by atoms with E-state index in [1.165, 1.54) is 12.8 Å². The molecule has 2 saturated heterocycles. The van der Waals surface area contributed by atoms with Crippen LogP contribution in [0.2, 0.25) is 0 Å². The Labute approximate surface area is 122 Å². The molecule has 2 heterocycles. The van der Waals surface area contributed by atoms with Crippen LogP contribution >= 0.6 is 0 Å². The van der Waals surface area contributed by atoms with E-state index in [0.717, 1.165) is 52.5 Å². The Morgan fingerprint density at radius 2 is 2.05 bits per heavy atom. The average Bonchev–Trinajstić information content (AvgIpc) is 2.49. The minimum Gasteiger partial charge on any atom is -0.379 e. The van der Waals surface area contributed by atoms with Crippen LogP contribution in [0.5, 0.6) is 0 Å². The summed E-state index contributed by atoms with van der Waals surface area (Å²) in [5, 5.41) is 6.44. The highest BCUT2D eigenvalue weighted by atomic mass is 16.5. The van der Waals surface area contributed by atoms with Crippen LogP contribution in [-0.2, 0) is 9.53 Å². The molecule has 0 bridgehead atoms. The van der Waals surface area contributed by atoms with Crippen molar-refractivity contribution in [2.24, 2.45) is 11.8 Å². The van der Waals surface area contributed by atoms with Crippen LogP contribution < -0.4 is 10.6 Å². The molecule has 2 N–H and O–H groups in total. The number of amides is 1. The fourth-order valence-electron chi connectivity index (χ4n) is 3.12. The summed E-state index contributed by atoms with van der Waals surface area (Å²) in [4.78, 5) is 14.3. The van der Waals surface area contributed by atoms with E-state index in [2.05, 4.69) is 22.5 Å². The fourth-order valence-corrected chi connectivity index (χ4v) is 3.12. The van der Waals surface area contributed by atoms with Crippen molar-refractivity contribution < 1.29 is 9.53 Å². The van der Waals surface area contributed by atoms with E-state index >= 15 is 0 Å². The van der Waals surface area contributed by atoms with Crippen molar-refractivity contribution >= 4 is 5.91 Å². The average molecular weight is 283 g/mol. The van der Waals surface area contributed by atoms with Gasteiger partial charge in [-0.1, -0.05) is 6.92 Å². The predicted molar refractivity (Wildman–Crippen MR) is 79.6 cm³/mol. The summed E-state index contributed by atoms with van der Waals surface area (Å²) in [6.45, 7) is 9.75. The Morgan fingerprint density at radius 1 is 1.35 bits per heavy atom. The molecule has 0 aromatic heterocycles. The van der Waals surface area contributed by atoms with Gasteiger partial charge < -0.3 is 15.4 Å². The van der Waals surface area contributed by atoms with E-state index in [9.17, 15) is 4.79 Å². The second kappa shape index (κ2) is 8.60. The van der Waals surface area contributed by atoms with Crippen molar-refractivity contribution in [3.05, 3.63) is 0 Å². The molecule has 2 aliphatic heterocycles. The van der Waals surface area contributed by atoms with Crippen LogP contribution in [-0.4, -0.2) is 63.3 Å². The van der Waals surface area contributed by atoms with Gasteiger partial charge in [-0.25, -0.2) is 0 Å². The summed E-state index contributed by atoms with van der Waals surface area (Å²) >= 11 is 0. The highest BCUT2D eigenvalue weighted by Gasteiger charge is 2.21. The third-order valence-corrected chi connectivity index (χ3v) is 4.55. The molecule has 0 saturated carbocycles. The molecule has 20 heavy (non-hydrogen) atoms. The van der Waals surface area contributed by atoms with Crippen molar-refractivity contribution in [1.82, 2.24) is 15.5 Å². The fraction of sp³-hybridized carbons (Fsp3) is 0.933. The number of nitrogens with zero attached hydrogens (tertiary/aromatic N) is 1. The molecule has 0 aliphatic carbocycles. The molecular formula is C15H29N3O2. The molecular weight excluding hydrogens is 254 g/mol. The first-order valence-corrected chi connectivity index (χ1v) is 8.03. The Balaban J connectivity index is 1.57. The lowest BCUT2D eigenvalue weighted by Crippen LogP contribution is -2.41. The number of carbonyl (C=O) groups excluding carboxylic acids is 1. The van der Waals surface area contributed by atoms with Crippen LogP contribution in [0.3, 0.4) is 0 Å². The molecule has 1 amide bonds. The van der Waals surface area contributed by atoms with Gasteiger partial charge in [0.15, 0.2) is 0 Å². The number of hydrogen-bond donors (Lipinski definition) is 2. The van der Waals surface area contributed by atoms with Gasteiger partial charge in [0.25, 0.3) is 0 Å². The van der Waals surface area contributed by atoms with Gasteiger partial charge in [0.1, 0.15) is 0 Å². The molecule has 116 valence electrons. The minimum atomic E-state index is 0.212. The van der Waals surface area contributed by atoms with Crippen molar-refractivity contribution in [2.45, 2.75) is 26.2 Å². The number of morpholine rings is 1. The third kappa shape index (κ3) is 5.38. The third-order valence-electron chi connectivity index (χ3n) is 4.55. The number of rotatable bonds is 6. The zero-order valence-corrected chi connectivity index (χ0v) is 12.7. The van der Waals surface area contributed by atoms with Gasteiger partial charge in [0.05, 0.1) is 13.2 Å². The van der Waals surface area contributed by atoms with E-state index in [0.29, 0.717) is 18.3 Å². The second-order valence-corrected chi connectivity index (χ2v) is 6.07. The van der Waals surface area contributed by atoms with Crippen molar-refractivity contribution in [1.29, 1.82) is 0 Å². The SMILES string of the molecule is CC(CC(=O)NCCN1CCOCC1)C1CCNCC1. The maximum absolute atomic E-state index is 12.0. The lowest BCUT2D eigenvalue weighted by Gasteiger charge is -2.28. The van der Waals surface area contributed by atoms with Gasteiger partial charge in [-0.3, -0.25) is 9.69 Å². The summed E-state index contributed by atoms with van der Waals surface area (Å²) in [5.74, 6) is 1.42. The number of nitrogens with one attached hydrogen (secondary N) is 2.